The molecule has 10 heteroatoms. The van der Waals surface area contributed by atoms with Gasteiger partial charge in [0.1, 0.15) is 0 Å². The maximum atomic E-state index is 12.2. The van der Waals surface area contributed by atoms with Gasteiger partial charge in [-0.1, -0.05) is 5.16 Å². The van der Waals surface area contributed by atoms with Crippen molar-refractivity contribution in [3.8, 4) is 0 Å². The van der Waals surface area contributed by atoms with Crippen molar-refractivity contribution in [2.75, 3.05) is 11.9 Å². The van der Waals surface area contributed by atoms with Crippen LogP contribution in [0.3, 0.4) is 0 Å². The van der Waals surface area contributed by atoms with Crippen LogP contribution < -0.4 is 5.32 Å². The highest BCUT2D eigenvalue weighted by molar-refractivity contribution is 7.09. The first-order valence-corrected chi connectivity index (χ1v) is 5.66. The number of hydrogen-bond acceptors (Lipinski definition) is 7. The quantitative estimate of drug-likeness (QED) is 0.921. The van der Waals surface area contributed by atoms with Gasteiger partial charge in [0.15, 0.2) is 5.82 Å². The summed E-state index contributed by atoms with van der Waals surface area (Å²) >= 11 is 0.660. The number of hydrogen-bond donors (Lipinski definition) is 1. The molecule has 2 rings (SSSR count). The standard InChI is InChI=1S/C8H8F3N5OS/c1-4-13-5(15-17-4)2-3-12-7-14-6(16-18-7)8(9,10)11/h2-3H2,1H3,(H,12,14,16). The van der Waals surface area contributed by atoms with E-state index in [2.05, 4.69) is 24.8 Å². The number of aryl methyl sites for hydroxylation is 1. The number of alkyl halides is 3. The maximum Gasteiger partial charge on any atom is 0.452 e. The smallest absolute Gasteiger partial charge is 0.360 e. The summed E-state index contributed by atoms with van der Waals surface area (Å²) in [4.78, 5) is 7.28. The molecule has 2 aromatic rings. The molecule has 0 fully saturated rings. The molecular formula is C8H8F3N5OS. The predicted octanol–water partition coefficient (Wildman–Crippen LogP) is 1.90. The third-order valence-electron chi connectivity index (χ3n) is 1.87. The first-order chi connectivity index (χ1) is 8.45. The fourth-order valence-electron chi connectivity index (χ4n) is 1.13. The number of nitrogens with one attached hydrogen (secondary N) is 1. The summed E-state index contributed by atoms with van der Waals surface area (Å²) in [5.41, 5.74) is 0. The summed E-state index contributed by atoms with van der Waals surface area (Å²) in [5, 5.41) is 6.48. The van der Waals surface area contributed by atoms with Gasteiger partial charge in [-0.05, 0) is 0 Å². The summed E-state index contributed by atoms with van der Waals surface area (Å²) in [5.74, 6) is -0.203. The summed E-state index contributed by atoms with van der Waals surface area (Å²) in [6.45, 7) is 2.01. The zero-order valence-electron chi connectivity index (χ0n) is 9.15. The molecule has 2 heterocycles. The van der Waals surface area contributed by atoms with Crippen molar-refractivity contribution in [1.29, 1.82) is 0 Å². The van der Waals surface area contributed by atoms with E-state index >= 15 is 0 Å². The molecule has 98 valence electrons. The van der Waals surface area contributed by atoms with E-state index < -0.39 is 12.0 Å². The molecule has 2 aromatic heterocycles. The topological polar surface area (TPSA) is 76.7 Å². The lowest BCUT2D eigenvalue weighted by molar-refractivity contribution is -0.144. The van der Waals surface area contributed by atoms with Crippen LogP contribution in [0.1, 0.15) is 17.5 Å². The largest absolute Gasteiger partial charge is 0.452 e. The van der Waals surface area contributed by atoms with Gasteiger partial charge in [0.25, 0.3) is 0 Å². The molecule has 18 heavy (non-hydrogen) atoms. The average molecular weight is 279 g/mol. The minimum absolute atomic E-state index is 0.113. The number of anilines is 1. The van der Waals surface area contributed by atoms with Gasteiger partial charge in [-0.2, -0.15) is 27.5 Å². The van der Waals surface area contributed by atoms with Crippen LogP contribution in [0.15, 0.2) is 4.52 Å². The van der Waals surface area contributed by atoms with Gasteiger partial charge in [-0.25, -0.2) is 0 Å². The second kappa shape index (κ2) is 4.88. The molecule has 0 bridgehead atoms. The summed E-state index contributed by atoms with van der Waals surface area (Å²) in [6.07, 6.45) is -4.08. The predicted molar refractivity (Wildman–Crippen MR) is 56.1 cm³/mol. The van der Waals surface area contributed by atoms with Crippen molar-refractivity contribution in [2.45, 2.75) is 19.5 Å². The van der Waals surface area contributed by atoms with Crippen LogP contribution in [-0.4, -0.2) is 26.0 Å². The molecule has 0 unspecified atom stereocenters. The third-order valence-corrected chi connectivity index (χ3v) is 2.55. The Bertz CT molecular complexity index is 523. The van der Waals surface area contributed by atoms with Crippen LogP contribution in [0.2, 0.25) is 0 Å². The van der Waals surface area contributed by atoms with Gasteiger partial charge in [0.05, 0.1) is 0 Å². The molecule has 0 aromatic carbocycles. The normalized spacial score (nSPS) is 11.8. The van der Waals surface area contributed by atoms with E-state index in [1.54, 1.807) is 6.92 Å². The average Bonchev–Trinajstić information content (AvgIpc) is 2.87. The Labute approximate surface area is 103 Å². The van der Waals surface area contributed by atoms with Crippen LogP contribution in [-0.2, 0) is 12.6 Å². The van der Waals surface area contributed by atoms with Crippen LogP contribution >= 0.6 is 11.5 Å². The van der Waals surface area contributed by atoms with Crippen molar-refractivity contribution in [3.05, 3.63) is 17.5 Å². The Morgan fingerprint density at radius 1 is 1.33 bits per heavy atom. The molecule has 0 amide bonds. The molecule has 0 radical (unpaired) electrons. The Morgan fingerprint density at radius 2 is 2.11 bits per heavy atom. The lowest BCUT2D eigenvalue weighted by Crippen LogP contribution is -2.09. The maximum absolute atomic E-state index is 12.2. The minimum atomic E-state index is -4.51. The molecule has 0 aliphatic carbocycles. The molecule has 0 aliphatic rings. The van der Waals surface area contributed by atoms with Crippen LogP contribution in [0, 0.1) is 6.92 Å². The Morgan fingerprint density at radius 3 is 2.67 bits per heavy atom. The lowest BCUT2D eigenvalue weighted by Gasteiger charge is -1.99. The Balaban J connectivity index is 1.85. The molecular weight excluding hydrogens is 271 g/mol. The SMILES string of the molecule is Cc1nc(CCNc2nc(C(F)(F)F)ns2)no1. The fraction of sp³-hybridized carbons (Fsp3) is 0.500. The summed E-state index contributed by atoms with van der Waals surface area (Å²) < 4.78 is 44.6. The first kappa shape index (κ1) is 12.7. The Kier molecular flexibility index (Phi) is 3.45. The monoisotopic (exact) mass is 279 g/mol. The number of nitrogens with zero attached hydrogens (tertiary/aromatic N) is 4. The van der Waals surface area contributed by atoms with Gasteiger partial charge >= 0.3 is 6.18 Å². The zero-order valence-corrected chi connectivity index (χ0v) is 9.97. The van der Waals surface area contributed by atoms with Crippen LogP contribution in [0.25, 0.3) is 0 Å². The van der Waals surface area contributed by atoms with Crippen molar-refractivity contribution in [3.63, 3.8) is 0 Å². The van der Waals surface area contributed by atoms with Gasteiger partial charge < -0.3 is 9.84 Å². The van der Waals surface area contributed by atoms with Crippen molar-refractivity contribution >= 4 is 16.7 Å². The van der Waals surface area contributed by atoms with Gasteiger partial charge in [-0.3, -0.25) is 0 Å². The van der Waals surface area contributed by atoms with Crippen molar-refractivity contribution < 1.29 is 17.7 Å². The summed E-state index contributed by atoms with van der Waals surface area (Å²) in [7, 11) is 0. The van der Waals surface area contributed by atoms with E-state index in [1.165, 1.54) is 0 Å². The zero-order chi connectivity index (χ0) is 13.2. The van der Waals surface area contributed by atoms with E-state index in [1.807, 2.05) is 0 Å². The molecule has 0 saturated carbocycles. The number of halogens is 3. The van der Waals surface area contributed by atoms with Gasteiger partial charge in [0, 0.05) is 31.4 Å². The van der Waals surface area contributed by atoms with E-state index in [0.717, 1.165) is 0 Å². The van der Waals surface area contributed by atoms with Crippen molar-refractivity contribution in [1.82, 2.24) is 19.5 Å². The molecule has 6 nitrogen and oxygen atoms in total. The number of aromatic nitrogens is 4. The van der Waals surface area contributed by atoms with Crippen LogP contribution in [0.4, 0.5) is 18.3 Å². The van der Waals surface area contributed by atoms with Crippen LogP contribution in [0.5, 0.6) is 0 Å². The second-order valence-electron chi connectivity index (χ2n) is 3.33. The van der Waals surface area contributed by atoms with Crippen molar-refractivity contribution in [2.24, 2.45) is 0 Å². The van der Waals surface area contributed by atoms with E-state index in [9.17, 15) is 13.2 Å². The Hall–Kier alpha value is -1.71. The highest BCUT2D eigenvalue weighted by Crippen LogP contribution is 2.28. The van der Waals surface area contributed by atoms with E-state index in [4.69, 9.17) is 4.52 Å². The molecule has 0 saturated heterocycles. The fourth-order valence-corrected chi connectivity index (χ4v) is 1.75. The van der Waals surface area contributed by atoms with Gasteiger partial charge in [-0.15, -0.1) is 0 Å². The molecule has 0 aliphatic heterocycles. The third kappa shape index (κ3) is 3.15. The second-order valence-corrected chi connectivity index (χ2v) is 4.08. The first-order valence-electron chi connectivity index (χ1n) is 4.89. The highest BCUT2D eigenvalue weighted by atomic mass is 32.1. The number of rotatable bonds is 4. The van der Waals surface area contributed by atoms with E-state index in [-0.39, 0.29) is 5.13 Å². The summed E-state index contributed by atoms with van der Waals surface area (Å²) in [6, 6.07) is 0. The van der Waals surface area contributed by atoms with Gasteiger partial charge in [0.2, 0.25) is 16.8 Å². The highest BCUT2D eigenvalue weighted by Gasteiger charge is 2.36. The molecule has 0 atom stereocenters. The lowest BCUT2D eigenvalue weighted by atomic mass is 10.4. The van der Waals surface area contributed by atoms with E-state index in [0.29, 0.717) is 36.2 Å². The molecule has 0 spiro atoms. The molecule has 1 N–H and O–H groups in total. The minimum Gasteiger partial charge on any atom is -0.360 e.